The number of hydrogen-bond donors (Lipinski definition) is 1. The SMILES string of the molecule is CC(O)C1CCN(CC(=O)N2CCC2)C1. The van der Waals surface area contributed by atoms with Gasteiger partial charge in [-0.3, -0.25) is 9.69 Å². The van der Waals surface area contributed by atoms with E-state index < -0.39 is 0 Å². The number of carbonyl (C=O) groups excluding carboxylic acids is 1. The Morgan fingerprint density at radius 1 is 1.47 bits per heavy atom. The van der Waals surface area contributed by atoms with Crippen molar-refractivity contribution in [3.8, 4) is 0 Å². The third-order valence-corrected chi connectivity index (χ3v) is 3.56. The molecule has 1 N–H and O–H groups in total. The molecule has 2 unspecified atom stereocenters. The molecule has 0 aromatic heterocycles. The number of likely N-dealkylation sites (tertiary alicyclic amines) is 2. The van der Waals surface area contributed by atoms with Crippen molar-refractivity contribution in [2.24, 2.45) is 5.92 Å². The molecule has 2 saturated heterocycles. The Balaban J connectivity index is 1.74. The highest BCUT2D eigenvalue weighted by molar-refractivity contribution is 5.78. The summed E-state index contributed by atoms with van der Waals surface area (Å²) in [7, 11) is 0. The fraction of sp³-hybridized carbons (Fsp3) is 0.909. The summed E-state index contributed by atoms with van der Waals surface area (Å²) >= 11 is 0. The van der Waals surface area contributed by atoms with Gasteiger partial charge in [-0.1, -0.05) is 0 Å². The standard InChI is InChI=1S/C11H20N2O2/c1-9(14)10-3-6-12(7-10)8-11(15)13-4-2-5-13/h9-10,14H,2-8H2,1H3. The van der Waals surface area contributed by atoms with Crippen molar-refractivity contribution < 1.29 is 9.90 Å². The Morgan fingerprint density at radius 2 is 2.20 bits per heavy atom. The largest absolute Gasteiger partial charge is 0.393 e. The van der Waals surface area contributed by atoms with E-state index in [2.05, 4.69) is 4.90 Å². The smallest absolute Gasteiger partial charge is 0.236 e. The van der Waals surface area contributed by atoms with Gasteiger partial charge in [-0.2, -0.15) is 0 Å². The van der Waals surface area contributed by atoms with Crippen LogP contribution in [-0.2, 0) is 4.79 Å². The highest BCUT2D eigenvalue weighted by Crippen LogP contribution is 2.19. The average Bonchev–Trinajstić information content (AvgIpc) is 2.48. The van der Waals surface area contributed by atoms with Gasteiger partial charge in [-0.25, -0.2) is 0 Å². The predicted molar refractivity (Wildman–Crippen MR) is 57.4 cm³/mol. The van der Waals surface area contributed by atoms with Crippen molar-refractivity contribution in [1.82, 2.24) is 9.80 Å². The first kappa shape index (κ1) is 10.9. The fourth-order valence-corrected chi connectivity index (χ4v) is 2.26. The van der Waals surface area contributed by atoms with E-state index in [1.807, 2.05) is 11.8 Å². The summed E-state index contributed by atoms with van der Waals surface area (Å²) in [5.74, 6) is 0.613. The fourth-order valence-electron chi connectivity index (χ4n) is 2.26. The molecule has 0 aliphatic carbocycles. The lowest BCUT2D eigenvalue weighted by Gasteiger charge is -2.32. The van der Waals surface area contributed by atoms with Gasteiger partial charge < -0.3 is 10.0 Å². The summed E-state index contributed by atoms with van der Waals surface area (Å²) in [4.78, 5) is 15.8. The second-order valence-corrected chi connectivity index (χ2v) is 4.76. The molecule has 15 heavy (non-hydrogen) atoms. The summed E-state index contributed by atoms with van der Waals surface area (Å²) in [5.41, 5.74) is 0. The minimum absolute atomic E-state index is 0.242. The van der Waals surface area contributed by atoms with Gasteiger partial charge in [0.25, 0.3) is 0 Å². The molecule has 0 radical (unpaired) electrons. The molecule has 86 valence electrons. The van der Waals surface area contributed by atoms with Crippen molar-refractivity contribution in [3.63, 3.8) is 0 Å². The van der Waals surface area contributed by atoms with Crippen LogP contribution in [0.1, 0.15) is 19.8 Å². The zero-order valence-corrected chi connectivity index (χ0v) is 9.35. The summed E-state index contributed by atoms with van der Waals surface area (Å²) in [6.07, 6.45) is 1.93. The van der Waals surface area contributed by atoms with Gasteiger partial charge >= 0.3 is 0 Å². The molecule has 0 bridgehead atoms. The molecular weight excluding hydrogens is 192 g/mol. The van der Waals surface area contributed by atoms with Crippen LogP contribution in [0.5, 0.6) is 0 Å². The molecule has 2 fully saturated rings. The molecule has 2 aliphatic heterocycles. The number of rotatable bonds is 3. The van der Waals surface area contributed by atoms with Crippen LogP contribution in [0.25, 0.3) is 0 Å². The Hall–Kier alpha value is -0.610. The van der Waals surface area contributed by atoms with E-state index in [9.17, 15) is 9.90 Å². The van der Waals surface area contributed by atoms with Crippen molar-refractivity contribution in [1.29, 1.82) is 0 Å². The lowest BCUT2D eigenvalue weighted by atomic mass is 10.0. The minimum Gasteiger partial charge on any atom is -0.393 e. The van der Waals surface area contributed by atoms with E-state index in [1.54, 1.807) is 0 Å². The Bertz CT molecular complexity index is 239. The van der Waals surface area contributed by atoms with Crippen LogP contribution >= 0.6 is 0 Å². The maximum absolute atomic E-state index is 11.7. The maximum Gasteiger partial charge on any atom is 0.236 e. The molecule has 0 aromatic rings. The predicted octanol–water partition coefficient (Wildman–Crippen LogP) is -0.0786. The number of carbonyl (C=O) groups is 1. The molecule has 4 nitrogen and oxygen atoms in total. The second kappa shape index (κ2) is 4.49. The van der Waals surface area contributed by atoms with E-state index in [0.29, 0.717) is 12.5 Å². The van der Waals surface area contributed by atoms with Crippen LogP contribution in [0.2, 0.25) is 0 Å². The first-order valence-corrected chi connectivity index (χ1v) is 5.85. The van der Waals surface area contributed by atoms with Gasteiger partial charge in [0.1, 0.15) is 0 Å². The number of amides is 1. The van der Waals surface area contributed by atoms with E-state index in [-0.39, 0.29) is 12.0 Å². The third-order valence-electron chi connectivity index (χ3n) is 3.56. The molecule has 4 heteroatoms. The minimum atomic E-state index is -0.242. The lowest BCUT2D eigenvalue weighted by Crippen LogP contribution is -2.46. The van der Waals surface area contributed by atoms with E-state index in [1.165, 1.54) is 0 Å². The normalized spacial score (nSPS) is 28.9. The van der Waals surface area contributed by atoms with Crippen LogP contribution in [0.15, 0.2) is 0 Å². The average molecular weight is 212 g/mol. The Kier molecular flexibility index (Phi) is 3.26. The molecule has 2 aliphatic rings. The van der Waals surface area contributed by atoms with Gasteiger partial charge in [0, 0.05) is 19.6 Å². The summed E-state index contributed by atoms with van der Waals surface area (Å²) in [5, 5.41) is 9.45. The van der Waals surface area contributed by atoms with E-state index in [4.69, 9.17) is 0 Å². The first-order valence-electron chi connectivity index (χ1n) is 5.85. The Morgan fingerprint density at radius 3 is 2.67 bits per heavy atom. The zero-order chi connectivity index (χ0) is 10.8. The number of aliphatic hydroxyl groups excluding tert-OH is 1. The van der Waals surface area contributed by atoms with E-state index in [0.717, 1.165) is 39.0 Å². The second-order valence-electron chi connectivity index (χ2n) is 4.76. The molecule has 2 heterocycles. The lowest BCUT2D eigenvalue weighted by molar-refractivity contribution is -0.135. The monoisotopic (exact) mass is 212 g/mol. The van der Waals surface area contributed by atoms with Gasteiger partial charge in [-0.15, -0.1) is 0 Å². The molecule has 2 rings (SSSR count). The molecule has 2 atom stereocenters. The topological polar surface area (TPSA) is 43.8 Å². The molecule has 0 saturated carbocycles. The number of nitrogens with zero attached hydrogens (tertiary/aromatic N) is 2. The van der Waals surface area contributed by atoms with Crippen molar-refractivity contribution >= 4 is 5.91 Å². The van der Waals surface area contributed by atoms with Crippen molar-refractivity contribution in [2.45, 2.75) is 25.9 Å². The first-order chi connectivity index (χ1) is 7.16. The quantitative estimate of drug-likeness (QED) is 0.711. The van der Waals surface area contributed by atoms with Gasteiger partial charge in [0.2, 0.25) is 5.91 Å². The van der Waals surface area contributed by atoms with Crippen LogP contribution in [0.3, 0.4) is 0 Å². The maximum atomic E-state index is 11.7. The summed E-state index contributed by atoms with van der Waals surface area (Å²) in [6, 6.07) is 0. The van der Waals surface area contributed by atoms with Gasteiger partial charge in [0.05, 0.1) is 12.6 Å². The van der Waals surface area contributed by atoms with E-state index >= 15 is 0 Å². The van der Waals surface area contributed by atoms with Crippen LogP contribution in [-0.4, -0.2) is 59.6 Å². The molecule has 0 aromatic carbocycles. The summed E-state index contributed by atoms with van der Waals surface area (Å²) < 4.78 is 0. The van der Waals surface area contributed by atoms with Crippen molar-refractivity contribution in [2.75, 3.05) is 32.7 Å². The van der Waals surface area contributed by atoms with Crippen molar-refractivity contribution in [3.05, 3.63) is 0 Å². The number of hydrogen-bond acceptors (Lipinski definition) is 3. The highest BCUT2D eigenvalue weighted by atomic mass is 16.3. The van der Waals surface area contributed by atoms with Crippen LogP contribution in [0, 0.1) is 5.92 Å². The third kappa shape index (κ3) is 2.49. The van der Waals surface area contributed by atoms with Crippen LogP contribution in [0.4, 0.5) is 0 Å². The molecular formula is C11H20N2O2. The van der Waals surface area contributed by atoms with Gasteiger partial charge in [-0.05, 0) is 32.2 Å². The summed E-state index contributed by atoms with van der Waals surface area (Å²) in [6.45, 7) is 6.08. The van der Waals surface area contributed by atoms with Gasteiger partial charge in [0.15, 0.2) is 0 Å². The highest BCUT2D eigenvalue weighted by Gasteiger charge is 2.29. The Labute approximate surface area is 90.9 Å². The van der Waals surface area contributed by atoms with Crippen LogP contribution < -0.4 is 0 Å². The molecule has 0 spiro atoms. The molecule has 1 amide bonds. The number of aliphatic hydroxyl groups is 1. The zero-order valence-electron chi connectivity index (χ0n) is 9.35.